The maximum absolute atomic E-state index is 12.1. The SMILES string of the molecule is Cc1ccc(C(=O)CN(C)C(C)C(C)C)cc1. The van der Waals surface area contributed by atoms with Gasteiger partial charge in [-0.3, -0.25) is 9.69 Å². The third kappa shape index (κ3) is 3.97. The molecule has 0 spiro atoms. The van der Waals surface area contributed by atoms with Crippen LogP contribution in [0.15, 0.2) is 24.3 Å². The van der Waals surface area contributed by atoms with Crippen LogP contribution in [-0.4, -0.2) is 30.3 Å². The molecular formula is C15H23NO. The first kappa shape index (κ1) is 13.9. The first-order chi connectivity index (χ1) is 7.91. The molecule has 0 aromatic heterocycles. The highest BCUT2D eigenvalue weighted by atomic mass is 16.1. The topological polar surface area (TPSA) is 20.3 Å². The van der Waals surface area contributed by atoms with Crippen molar-refractivity contribution in [2.75, 3.05) is 13.6 Å². The summed E-state index contributed by atoms with van der Waals surface area (Å²) in [6, 6.07) is 8.21. The maximum atomic E-state index is 12.1. The van der Waals surface area contributed by atoms with E-state index < -0.39 is 0 Å². The van der Waals surface area contributed by atoms with E-state index in [4.69, 9.17) is 0 Å². The molecule has 0 aliphatic heterocycles. The molecule has 0 amide bonds. The highest BCUT2D eigenvalue weighted by Crippen LogP contribution is 2.10. The summed E-state index contributed by atoms with van der Waals surface area (Å²) < 4.78 is 0. The molecule has 0 aliphatic rings. The Morgan fingerprint density at radius 2 is 1.71 bits per heavy atom. The van der Waals surface area contributed by atoms with Gasteiger partial charge in [0.2, 0.25) is 0 Å². The lowest BCUT2D eigenvalue weighted by atomic mass is 10.0. The second-order valence-electron chi connectivity index (χ2n) is 5.19. The summed E-state index contributed by atoms with van der Waals surface area (Å²) in [5, 5.41) is 0. The van der Waals surface area contributed by atoms with Crippen LogP contribution in [0.3, 0.4) is 0 Å². The summed E-state index contributed by atoms with van der Waals surface area (Å²) in [5.41, 5.74) is 1.99. The minimum Gasteiger partial charge on any atom is -0.296 e. The van der Waals surface area contributed by atoms with E-state index in [1.165, 1.54) is 5.56 Å². The summed E-state index contributed by atoms with van der Waals surface area (Å²) >= 11 is 0. The summed E-state index contributed by atoms with van der Waals surface area (Å²) in [4.78, 5) is 14.2. The fourth-order valence-electron chi connectivity index (χ4n) is 1.71. The van der Waals surface area contributed by atoms with Gasteiger partial charge in [0, 0.05) is 11.6 Å². The van der Waals surface area contributed by atoms with Gasteiger partial charge < -0.3 is 0 Å². The highest BCUT2D eigenvalue weighted by Gasteiger charge is 2.16. The number of rotatable bonds is 5. The van der Waals surface area contributed by atoms with Crippen LogP contribution in [0.2, 0.25) is 0 Å². The molecule has 0 heterocycles. The van der Waals surface area contributed by atoms with Gasteiger partial charge in [0.15, 0.2) is 5.78 Å². The summed E-state index contributed by atoms with van der Waals surface area (Å²) in [5.74, 6) is 0.755. The van der Waals surface area contributed by atoms with E-state index in [2.05, 4.69) is 25.7 Å². The van der Waals surface area contributed by atoms with Crippen LogP contribution in [0.1, 0.15) is 36.7 Å². The van der Waals surface area contributed by atoms with E-state index in [0.717, 1.165) is 5.56 Å². The third-order valence-electron chi connectivity index (χ3n) is 3.43. The molecule has 1 aromatic rings. The predicted octanol–water partition coefficient (Wildman–Crippen LogP) is 3.15. The fraction of sp³-hybridized carbons (Fsp3) is 0.533. The Morgan fingerprint density at radius 1 is 1.18 bits per heavy atom. The molecule has 0 radical (unpaired) electrons. The van der Waals surface area contributed by atoms with Gasteiger partial charge in [0.1, 0.15) is 0 Å². The van der Waals surface area contributed by atoms with E-state index in [9.17, 15) is 4.79 Å². The zero-order valence-electron chi connectivity index (χ0n) is 11.5. The fourth-order valence-corrected chi connectivity index (χ4v) is 1.71. The highest BCUT2D eigenvalue weighted by molar-refractivity contribution is 5.97. The van der Waals surface area contributed by atoms with Gasteiger partial charge in [0.05, 0.1) is 6.54 Å². The van der Waals surface area contributed by atoms with Gasteiger partial charge in [-0.05, 0) is 26.8 Å². The van der Waals surface area contributed by atoms with Gasteiger partial charge in [0.25, 0.3) is 0 Å². The normalized spacial score (nSPS) is 13.1. The lowest BCUT2D eigenvalue weighted by Gasteiger charge is -2.27. The van der Waals surface area contributed by atoms with Gasteiger partial charge in [-0.2, -0.15) is 0 Å². The van der Waals surface area contributed by atoms with Crippen molar-refractivity contribution in [3.63, 3.8) is 0 Å². The van der Waals surface area contributed by atoms with Crippen molar-refractivity contribution in [3.05, 3.63) is 35.4 Å². The van der Waals surface area contributed by atoms with Crippen molar-refractivity contribution < 1.29 is 4.79 Å². The minimum absolute atomic E-state index is 0.194. The molecule has 1 rings (SSSR count). The summed E-state index contributed by atoms with van der Waals surface area (Å²) in [6.45, 7) is 9.03. The van der Waals surface area contributed by atoms with Crippen LogP contribution in [0.5, 0.6) is 0 Å². The largest absolute Gasteiger partial charge is 0.296 e. The third-order valence-corrected chi connectivity index (χ3v) is 3.43. The van der Waals surface area contributed by atoms with E-state index >= 15 is 0 Å². The molecule has 0 saturated heterocycles. The Bertz CT molecular complexity index is 367. The quantitative estimate of drug-likeness (QED) is 0.728. The second-order valence-corrected chi connectivity index (χ2v) is 5.19. The molecule has 94 valence electrons. The molecule has 0 fully saturated rings. The maximum Gasteiger partial charge on any atom is 0.176 e. The number of carbonyl (C=O) groups is 1. The molecule has 2 heteroatoms. The van der Waals surface area contributed by atoms with Gasteiger partial charge in [-0.1, -0.05) is 43.7 Å². The summed E-state index contributed by atoms with van der Waals surface area (Å²) in [6.07, 6.45) is 0. The van der Waals surface area contributed by atoms with Crippen LogP contribution in [0.4, 0.5) is 0 Å². The molecule has 1 aromatic carbocycles. The zero-order chi connectivity index (χ0) is 13.0. The monoisotopic (exact) mass is 233 g/mol. The van der Waals surface area contributed by atoms with Crippen LogP contribution < -0.4 is 0 Å². The van der Waals surface area contributed by atoms with E-state index in [1.807, 2.05) is 38.2 Å². The van der Waals surface area contributed by atoms with Gasteiger partial charge in [-0.15, -0.1) is 0 Å². The molecule has 0 saturated carbocycles. The molecule has 2 nitrogen and oxygen atoms in total. The lowest BCUT2D eigenvalue weighted by molar-refractivity contribution is 0.0907. The number of hydrogen-bond donors (Lipinski definition) is 0. The van der Waals surface area contributed by atoms with E-state index in [0.29, 0.717) is 18.5 Å². The Labute approximate surface area is 105 Å². The molecule has 17 heavy (non-hydrogen) atoms. The van der Waals surface area contributed by atoms with Crippen molar-refractivity contribution in [1.82, 2.24) is 4.90 Å². The number of nitrogens with zero attached hydrogens (tertiary/aromatic N) is 1. The number of likely N-dealkylation sites (N-methyl/N-ethyl adjacent to an activating group) is 1. The number of benzene rings is 1. The molecular weight excluding hydrogens is 210 g/mol. The first-order valence-corrected chi connectivity index (χ1v) is 6.22. The number of carbonyl (C=O) groups excluding carboxylic acids is 1. The zero-order valence-corrected chi connectivity index (χ0v) is 11.5. The Kier molecular flexibility index (Phi) is 4.88. The average Bonchev–Trinajstić information content (AvgIpc) is 2.28. The van der Waals surface area contributed by atoms with Crippen LogP contribution in [0.25, 0.3) is 0 Å². The Morgan fingerprint density at radius 3 is 2.18 bits per heavy atom. The average molecular weight is 233 g/mol. The number of hydrogen-bond acceptors (Lipinski definition) is 2. The standard InChI is InChI=1S/C15H23NO/c1-11(2)13(4)16(5)10-15(17)14-8-6-12(3)7-9-14/h6-9,11,13H,10H2,1-5H3. The minimum atomic E-state index is 0.194. The van der Waals surface area contributed by atoms with Crippen LogP contribution in [-0.2, 0) is 0 Å². The van der Waals surface area contributed by atoms with Crippen LogP contribution >= 0.6 is 0 Å². The van der Waals surface area contributed by atoms with Crippen LogP contribution in [0, 0.1) is 12.8 Å². The van der Waals surface area contributed by atoms with Gasteiger partial charge in [-0.25, -0.2) is 0 Å². The van der Waals surface area contributed by atoms with Crippen molar-refractivity contribution in [2.24, 2.45) is 5.92 Å². The second kappa shape index (κ2) is 5.97. The van der Waals surface area contributed by atoms with E-state index in [1.54, 1.807) is 0 Å². The van der Waals surface area contributed by atoms with Gasteiger partial charge >= 0.3 is 0 Å². The smallest absolute Gasteiger partial charge is 0.176 e. The van der Waals surface area contributed by atoms with E-state index in [-0.39, 0.29) is 5.78 Å². The summed E-state index contributed by atoms with van der Waals surface area (Å²) in [7, 11) is 2.01. The number of ketones is 1. The molecule has 1 unspecified atom stereocenters. The van der Waals surface area contributed by atoms with Crippen molar-refractivity contribution in [2.45, 2.75) is 33.7 Å². The van der Waals surface area contributed by atoms with Crippen molar-refractivity contribution in [1.29, 1.82) is 0 Å². The molecule has 0 aliphatic carbocycles. The lowest BCUT2D eigenvalue weighted by Crippen LogP contribution is -2.37. The molecule has 0 N–H and O–H groups in total. The number of Topliss-reactive ketones (excluding diaryl/α,β-unsaturated/α-hetero) is 1. The Hall–Kier alpha value is -1.15. The predicted molar refractivity (Wildman–Crippen MR) is 72.4 cm³/mol. The first-order valence-electron chi connectivity index (χ1n) is 6.22. The van der Waals surface area contributed by atoms with Crippen molar-refractivity contribution >= 4 is 5.78 Å². The molecule has 0 bridgehead atoms. The number of aryl methyl sites for hydroxylation is 1. The van der Waals surface area contributed by atoms with Crippen molar-refractivity contribution in [3.8, 4) is 0 Å². The molecule has 1 atom stereocenters. The Balaban J connectivity index is 2.63.